The summed E-state index contributed by atoms with van der Waals surface area (Å²) >= 11 is 0. The van der Waals surface area contributed by atoms with Gasteiger partial charge in [0, 0.05) is 51.0 Å². The predicted octanol–water partition coefficient (Wildman–Crippen LogP) is 3.62. The van der Waals surface area contributed by atoms with Gasteiger partial charge >= 0.3 is 6.03 Å². The topological polar surface area (TPSA) is 171 Å². The van der Waals surface area contributed by atoms with Crippen molar-refractivity contribution in [2.75, 3.05) is 12.3 Å². The minimum absolute atomic E-state index is 0.144. The van der Waals surface area contributed by atoms with Gasteiger partial charge in [0.05, 0.1) is 23.4 Å². The maximum Gasteiger partial charge on any atom is 0.315 e. The quantitative estimate of drug-likeness (QED) is 0.209. The van der Waals surface area contributed by atoms with Gasteiger partial charge in [-0.2, -0.15) is 0 Å². The Hall–Kier alpha value is -2.70. The lowest BCUT2D eigenvalue weighted by Gasteiger charge is -2.41. The number of fused-ring (bicyclic) bond motifs is 1. The number of hydrogen-bond donors (Lipinski definition) is 4. The van der Waals surface area contributed by atoms with Crippen LogP contribution in [0.3, 0.4) is 0 Å². The zero-order valence-corrected chi connectivity index (χ0v) is 28.2. The van der Waals surface area contributed by atoms with Crippen LogP contribution < -0.4 is 21.3 Å². The standard InChI is InChI=1S/C36H61N5O7S/c1-10-11-15-24(27(42)30(44)37-22-16-17-22)38-29(43)26-25-23(35(25,8)9)20-41(26)31(45)28(33(2,3)4)39-32(46)40-36(18-13-12-14-19-36)21-49(47,48)34(5,6)7/h22-26,28H,10-21H2,1-9H3,(H,37,44)(H,38,43)(H2,39,40,46)/t23-,24+,25-,26-,28+/m0/s1/i1D3,2D3,3D3,4D3,10D2,11D2,12D2,13D2,14D2,15D2,18D2,19D2,24D. The Kier molecular flexibility index (Phi) is 4.47. The molecule has 0 unspecified atom stereocenters. The van der Waals surface area contributed by atoms with Crippen LogP contribution in [0.25, 0.3) is 0 Å². The summed E-state index contributed by atoms with van der Waals surface area (Å²) in [5.41, 5.74) is -10.3. The molecule has 0 aromatic rings. The highest BCUT2D eigenvalue weighted by atomic mass is 32.2. The molecule has 3 aliphatic carbocycles. The first-order valence-corrected chi connectivity index (χ1v) is 16.8. The van der Waals surface area contributed by atoms with Crippen LogP contribution in [0, 0.1) is 22.7 Å². The molecule has 0 spiro atoms. The average molecular weight is 737 g/mol. The van der Waals surface area contributed by atoms with Gasteiger partial charge < -0.3 is 26.2 Å². The number of amides is 5. The van der Waals surface area contributed by atoms with Crippen LogP contribution >= 0.6 is 0 Å². The van der Waals surface area contributed by atoms with E-state index in [0.29, 0.717) is 0 Å². The molecular weight excluding hydrogens is 646 g/mol. The van der Waals surface area contributed by atoms with Crippen LogP contribution in [0.15, 0.2) is 0 Å². The van der Waals surface area contributed by atoms with Crippen molar-refractivity contribution < 1.29 is 72.1 Å². The minimum atomic E-state index is -5.26. The Labute approximate surface area is 334 Å². The first kappa shape index (κ1) is 15.5. The van der Waals surface area contributed by atoms with Crippen LogP contribution in [0.5, 0.6) is 0 Å². The molecule has 49 heavy (non-hydrogen) atoms. The molecule has 278 valence electrons. The van der Waals surface area contributed by atoms with Gasteiger partial charge in [0.2, 0.25) is 17.6 Å². The zero-order chi connectivity index (χ0) is 62.0. The van der Waals surface area contributed by atoms with Crippen molar-refractivity contribution >= 4 is 39.4 Å². The Bertz CT molecular complexity index is 2500. The number of Topliss-reactive ketones (excluding diaryl/α,β-unsaturated/α-hetero) is 1. The van der Waals surface area contributed by atoms with Gasteiger partial charge in [-0.15, -0.1) is 0 Å². The fraction of sp³-hybridized carbons (Fsp3) is 0.861. The molecule has 4 fully saturated rings. The van der Waals surface area contributed by atoms with Crippen molar-refractivity contribution in [1.29, 1.82) is 0 Å². The van der Waals surface area contributed by atoms with Crippen LogP contribution in [0.4, 0.5) is 4.79 Å². The van der Waals surface area contributed by atoms with E-state index in [4.69, 9.17) is 39.8 Å². The smallest absolute Gasteiger partial charge is 0.315 e. The number of sulfone groups is 1. The molecule has 5 amide bonds. The lowest BCUT2D eigenvalue weighted by Crippen LogP contribution is -2.64. The van der Waals surface area contributed by atoms with Gasteiger partial charge in [0.1, 0.15) is 12.1 Å². The monoisotopic (exact) mass is 737 g/mol. The highest BCUT2D eigenvalue weighted by Gasteiger charge is 2.70. The van der Waals surface area contributed by atoms with E-state index in [0.717, 1.165) is 20.8 Å². The number of nitrogens with zero attached hydrogens (tertiary/aromatic N) is 1. The van der Waals surface area contributed by atoms with Crippen molar-refractivity contribution in [2.45, 2.75) is 160 Å². The Balaban J connectivity index is 2.08. The van der Waals surface area contributed by atoms with E-state index in [1.807, 2.05) is 0 Å². The van der Waals surface area contributed by atoms with Crippen molar-refractivity contribution in [1.82, 2.24) is 26.2 Å². The number of carbonyl (C=O) groups excluding carboxylic acids is 5. The molecule has 4 aliphatic rings. The van der Waals surface area contributed by atoms with E-state index in [1.54, 1.807) is 0 Å². The number of hydrogen-bond acceptors (Lipinski definition) is 7. The third-order valence-corrected chi connectivity index (χ3v) is 11.6. The fourth-order valence-corrected chi connectivity index (χ4v) is 6.95. The van der Waals surface area contributed by atoms with Crippen molar-refractivity contribution in [3.8, 4) is 0 Å². The molecule has 0 radical (unpaired) electrons. The summed E-state index contributed by atoms with van der Waals surface area (Å²) < 4.78 is 272. The third-order valence-electron chi connectivity index (χ3n) is 8.90. The van der Waals surface area contributed by atoms with E-state index in [9.17, 15) is 27.6 Å². The summed E-state index contributed by atoms with van der Waals surface area (Å²) in [4.78, 5) is 72.7. The normalized spacial score (nSPS) is 42.2. The SMILES string of the molecule is [2H]C([2H])([2H])C([2H])([2H])C([2H])([2H])C([2H])([2H])[C@@]([2H])(NC(=O)[C@@H]1[C@@H]2[C@H](CN1C(=O)[C@@H](NC(=O)NC1(CS(=O)(=O)C(C)(C)C)C([2H])([2H])C([2H])([2H])C([2H])([2H])C([2H])([2H])C1([2H])[2H])C(C([2H])([2H])[2H])(C([2H])([2H])[2H])C([2H])([2H])[2H])C2(C)C)C(=O)C(=O)NC1CC1. The summed E-state index contributed by atoms with van der Waals surface area (Å²) in [5.74, 6) is -13.3. The van der Waals surface area contributed by atoms with Gasteiger partial charge in [0.25, 0.3) is 5.91 Å². The molecule has 1 heterocycles. The van der Waals surface area contributed by atoms with Crippen molar-refractivity contribution in [3.63, 3.8) is 0 Å². The first-order valence-electron chi connectivity index (χ1n) is 29.7. The van der Waals surface area contributed by atoms with Gasteiger partial charge in [-0.3, -0.25) is 19.2 Å². The van der Waals surface area contributed by atoms with Crippen LogP contribution in [0.2, 0.25) is 0 Å². The van der Waals surface area contributed by atoms with Crippen LogP contribution in [-0.4, -0.2) is 89.6 Å². The Morgan fingerprint density at radius 2 is 1.69 bits per heavy atom. The lowest BCUT2D eigenvalue weighted by atomic mass is 9.83. The summed E-state index contributed by atoms with van der Waals surface area (Å²) in [5, 5.41) is 6.37. The molecule has 0 aromatic heterocycles. The molecule has 0 bridgehead atoms. The molecule has 0 aromatic carbocycles. The van der Waals surface area contributed by atoms with E-state index in [2.05, 4.69) is 5.32 Å². The van der Waals surface area contributed by atoms with Crippen LogP contribution in [0.1, 0.15) is 166 Å². The van der Waals surface area contributed by atoms with Gasteiger partial charge in [-0.25, -0.2) is 13.2 Å². The molecule has 1 saturated heterocycles. The molecule has 4 N–H and O–H groups in total. The van der Waals surface area contributed by atoms with Gasteiger partial charge in [-0.1, -0.05) is 73.1 Å². The third kappa shape index (κ3) is 8.79. The zero-order valence-electron chi connectivity index (χ0n) is 56.4. The highest BCUT2D eigenvalue weighted by molar-refractivity contribution is 7.92. The lowest BCUT2D eigenvalue weighted by molar-refractivity contribution is -0.145. The highest BCUT2D eigenvalue weighted by Crippen LogP contribution is 2.65. The summed E-state index contributed by atoms with van der Waals surface area (Å²) in [6.45, 7) is -13.3. The van der Waals surface area contributed by atoms with Crippen molar-refractivity contribution in [2.24, 2.45) is 22.7 Å². The number of carbonyl (C=O) groups is 5. The first-order chi connectivity index (χ1) is 33.9. The molecule has 5 atom stereocenters. The Morgan fingerprint density at radius 3 is 2.27 bits per heavy atom. The number of piperidine rings is 1. The molecule has 4 rings (SSSR count). The number of likely N-dealkylation sites (tertiary alicyclic amines) is 1. The van der Waals surface area contributed by atoms with Gasteiger partial charge in [-0.05, 0) is 75.4 Å². The minimum Gasteiger partial charge on any atom is -0.347 e. The van der Waals surface area contributed by atoms with E-state index in [1.165, 1.54) is 29.8 Å². The van der Waals surface area contributed by atoms with Gasteiger partial charge in [0.15, 0.2) is 9.84 Å². The molecule has 1 aliphatic heterocycles. The number of nitrogens with one attached hydrogen (secondary N) is 4. The summed E-state index contributed by atoms with van der Waals surface area (Å²) in [6.07, 6.45) is -35.3. The fourth-order valence-electron chi connectivity index (χ4n) is 5.73. The summed E-state index contributed by atoms with van der Waals surface area (Å²) in [7, 11) is -5.26. The number of ketones is 1. The predicted molar refractivity (Wildman–Crippen MR) is 188 cm³/mol. The van der Waals surface area contributed by atoms with E-state index < -0.39 is 187 Å². The summed E-state index contributed by atoms with van der Waals surface area (Å²) in [6, 6.07) is -14.1. The maximum atomic E-state index is 15.5. The second-order valence-electron chi connectivity index (χ2n) is 13.9. The molecular formula is C36H61N5O7S. The molecule has 12 nitrogen and oxygen atoms in total. The van der Waals surface area contributed by atoms with Crippen LogP contribution in [-0.2, 0) is 29.0 Å². The average Bonchev–Trinajstić information content (AvgIpc) is 4.06. The van der Waals surface area contributed by atoms with Crippen molar-refractivity contribution in [3.05, 3.63) is 0 Å². The number of rotatable bonds is 13. The van der Waals surface area contributed by atoms with E-state index >= 15 is 4.79 Å². The Morgan fingerprint density at radius 1 is 1.04 bits per heavy atom. The second-order valence-corrected chi connectivity index (χ2v) is 16.7. The second kappa shape index (κ2) is 14.1. The largest absolute Gasteiger partial charge is 0.347 e. The maximum absolute atomic E-state index is 15.5. The number of urea groups is 1. The van der Waals surface area contributed by atoms with E-state index in [-0.39, 0.29) is 17.7 Å². The molecule has 13 heteroatoms. The molecule has 3 saturated carbocycles.